The van der Waals surface area contributed by atoms with E-state index in [1.165, 1.54) is 4.68 Å². The summed E-state index contributed by atoms with van der Waals surface area (Å²) in [7, 11) is 0. The van der Waals surface area contributed by atoms with Crippen LogP contribution in [-0.4, -0.2) is 9.78 Å². The van der Waals surface area contributed by atoms with Crippen molar-refractivity contribution < 1.29 is 13.2 Å². The molecule has 0 fully saturated rings. The van der Waals surface area contributed by atoms with E-state index in [2.05, 4.69) is 5.10 Å². The highest BCUT2D eigenvalue weighted by Crippen LogP contribution is 2.33. The van der Waals surface area contributed by atoms with Gasteiger partial charge in [0.25, 0.3) is 0 Å². The van der Waals surface area contributed by atoms with Crippen LogP contribution in [0.1, 0.15) is 29.8 Å². The van der Waals surface area contributed by atoms with E-state index in [-0.39, 0.29) is 0 Å². The molecule has 0 aliphatic rings. The van der Waals surface area contributed by atoms with Crippen molar-refractivity contribution in [2.75, 3.05) is 5.73 Å². The van der Waals surface area contributed by atoms with Gasteiger partial charge in [0.15, 0.2) is 5.69 Å². The first-order chi connectivity index (χ1) is 9.32. The lowest BCUT2D eigenvalue weighted by atomic mass is 10.1. The maximum atomic E-state index is 12.6. The normalized spacial score (nSPS) is 12.9. The summed E-state index contributed by atoms with van der Waals surface area (Å²) in [6.07, 6.45) is -3.41. The average molecular weight is 280 g/mol. The highest BCUT2D eigenvalue weighted by Gasteiger charge is 2.37. The van der Waals surface area contributed by atoms with Crippen molar-refractivity contribution >= 4 is 5.69 Å². The van der Waals surface area contributed by atoms with Crippen molar-refractivity contribution in [2.45, 2.75) is 19.1 Å². The van der Waals surface area contributed by atoms with Crippen molar-refractivity contribution in [3.05, 3.63) is 47.3 Å². The number of nitrogen functional groups attached to an aromatic ring is 1. The number of alkyl halides is 3. The second-order valence-electron chi connectivity index (χ2n) is 4.32. The molecule has 20 heavy (non-hydrogen) atoms. The van der Waals surface area contributed by atoms with Crippen LogP contribution < -0.4 is 5.73 Å². The van der Waals surface area contributed by atoms with Crippen molar-refractivity contribution in [3.8, 4) is 6.07 Å². The molecule has 2 aromatic rings. The third kappa shape index (κ3) is 2.59. The molecule has 1 atom stereocenters. The first-order valence-electron chi connectivity index (χ1n) is 5.75. The molecule has 0 spiro atoms. The minimum Gasteiger partial charge on any atom is -0.396 e. The van der Waals surface area contributed by atoms with Crippen LogP contribution in [0.3, 0.4) is 0 Å². The van der Waals surface area contributed by atoms with Gasteiger partial charge in [-0.2, -0.15) is 23.5 Å². The lowest BCUT2D eigenvalue weighted by Crippen LogP contribution is -2.12. The highest BCUT2D eigenvalue weighted by molar-refractivity contribution is 5.43. The number of nitrogens with zero attached hydrogens (tertiary/aromatic N) is 3. The number of aromatic nitrogens is 2. The Morgan fingerprint density at radius 1 is 1.30 bits per heavy atom. The minimum absolute atomic E-state index is 0.405. The molecule has 2 rings (SSSR count). The molecule has 2 N–H and O–H groups in total. The SMILES string of the molecule is C[C@@H](c1ccc(C#N)cc1)n1cc(N)c(C(F)(F)F)n1. The summed E-state index contributed by atoms with van der Waals surface area (Å²) >= 11 is 0. The highest BCUT2D eigenvalue weighted by atomic mass is 19.4. The summed E-state index contributed by atoms with van der Waals surface area (Å²) in [5.41, 5.74) is 5.07. The molecule has 0 saturated carbocycles. The maximum Gasteiger partial charge on any atom is 0.437 e. The van der Waals surface area contributed by atoms with E-state index in [9.17, 15) is 13.2 Å². The summed E-state index contributed by atoms with van der Waals surface area (Å²) in [6, 6.07) is 8.11. The monoisotopic (exact) mass is 280 g/mol. The molecular formula is C13H11F3N4. The van der Waals surface area contributed by atoms with Crippen molar-refractivity contribution in [3.63, 3.8) is 0 Å². The van der Waals surface area contributed by atoms with Gasteiger partial charge in [-0.3, -0.25) is 4.68 Å². The molecule has 1 heterocycles. The van der Waals surface area contributed by atoms with E-state index in [0.717, 1.165) is 11.8 Å². The fraction of sp³-hybridized carbons (Fsp3) is 0.231. The summed E-state index contributed by atoms with van der Waals surface area (Å²) in [4.78, 5) is 0. The molecule has 0 radical (unpaired) electrons. The van der Waals surface area contributed by atoms with Crippen LogP contribution in [0.5, 0.6) is 0 Å². The Morgan fingerprint density at radius 3 is 2.35 bits per heavy atom. The molecule has 1 aromatic heterocycles. The lowest BCUT2D eigenvalue weighted by Gasteiger charge is -2.12. The zero-order valence-corrected chi connectivity index (χ0v) is 10.5. The minimum atomic E-state index is -4.57. The molecule has 0 aliphatic heterocycles. The fourth-order valence-electron chi connectivity index (χ4n) is 1.81. The number of rotatable bonds is 2. The molecule has 0 unspecified atom stereocenters. The van der Waals surface area contributed by atoms with E-state index in [1.54, 1.807) is 31.2 Å². The van der Waals surface area contributed by atoms with Gasteiger partial charge in [-0.1, -0.05) is 12.1 Å². The quantitative estimate of drug-likeness (QED) is 0.919. The zero-order valence-electron chi connectivity index (χ0n) is 10.5. The molecular weight excluding hydrogens is 269 g/mol. The predicted octanol–water partition coefficient (Wildman–Crippen LogP) is 2.97. The van der Waals surface area contributed by atoms with Gasteiger partial charge in [0.2, 0.25) is 0 Å². The second-order valence-corrected chi connectivity index (χ2v) is 4.32. The standard InChI is InChI=1S/C13H11F3N4/c1-8(10-4-2-9(6-17)3-5-10)20-7-11(18)12(19-20)13(14,15)16/h2-5,7-8H,18H2,1H3/t8-/m0/s1. The van der Waals surface area contributed by atoms with Gasteiger partial charge in [-0.15, -0.1) is 0 Å². The van der Waals surface area contributed by atoms with Crippen molar-refractivity contribution in [2.24, 2.45) is 0 Å². The Labute approximate surface area is 113 Å². The smallest absolute Gasteiger partial charge is 0.396 e. The number of hydrogen-bond donors (Lipinski definition) is 1. The average Bonchev–Trinajstić information content (AvgIpc) is 2.80. The maximum absolute atomic E-state index is 12.6. The number of nitrogens with two attached hydrogens (primary N) is 1. The molecule has 4 nitrogen and oxygen atoms in total. The summed E-state index contributed by atoms with van der Waals surface area (Å²) in [5, 5.41) is 12.2. The van der Waals surface area contributed by atoms with Crippen LogP contribution in [0.15, 0.2) is 30.5 Å². The molecule has 0 bridgehead atoms. The number of hydrogen-bond acceptors (Lipinski definition) is 3. The van der Waals surface area contributed by atoms with Gasteiger partial charge in [-0.05, 0) is 24.6 Å². The Bertz CT molecular complexity index is 650. The number of nitriles is 1. The zero-order chi connectivity index (χ0) is 14.9. The van der Waals surface area contributed by atoms with Crippen LogP contribution in [0, 0.1) is 11.3 Å². The van der Waals surface area contributed by atoms with Gasteiger partial charge in [-0.25, -0.2) is 0 Å². The Kier molecular flexibility index (Phi) is 3.40. The largest absolute Gasteiger partial charge is 0.437 e. The van der Waals surface area contributed by atoms with Crippen LogP contribution in [0.25, 0.3) is 0 Å². The van der Waals surface area contributed by atoms with Gasteiger partial charge >= 0.3 is 6.18 Å². The van der Waals surface area contributed by atoms with Gasteiger partial charge in [0.05, 0.1) is 23.4 Å². The van der Waals surface area contributed by atoms with Gasteiger partial charge < -0.3 is 5.73 Å². The van der Waals surface area contributed by atoms with Crippen molar-refractivity contribution in [1.82, 2.24) is 9.78 Å². The number of halogens is 3. The van der Waals surface area contributed by atoms with E-state index in [1.807, 2.05) is 6.07 Å². The van der Waals surface area contributed by atoms with Crippen molar-refractivity contribution in [1.29, 1.82) is 5.26 Å². The number of benzene rings is 1. The van der Waals surface area contributed by atoms with E-state index < -0.39 is 23.6 Å². The topological polar surface area (TPSA) is 67.6 Å². The Balaban J connectivity index is 2.34. The summed E-state index contributed by atoms with van der Waals surface area (Å²) in [5.74, 6) is 0. The first kappa shape index (κ1) is 13.9. The van der Waals surface area contributed by atoms with Crippen LogP contribution in [0.2, 0.25) is 0 Å². The molecule has 104 valence electrons. The van der Waals surface area contributed by atoms with Crippen LogP contribution in [-0.2, 0) is 6.18 Å². The van der Waals surface area contributed by atoms with E-state index in [4.69, 9.17) is 11.0 Å². The summed E-state index contributed by atoms with van der Waals surface area (Å²) < 4.78 is 39.1. The number of anilines is 1. The van der Waals surface area contributed by atoms with Gasteiger partial charge in [0.1, 0.15) is 0 Å². The van der Waals surface area contributed by atoms with E-state index >= 15 is 0 Å². The molecule has 0 saturated heterocycles. The Morgan fingerprint density at radius 2 is 1.90 bits per heavy atom. The van der Waals surface area contributed by atoms with Crippen LogP contribution >= 0.6 is 0 Å². The molecule has 0 amide bonds. The summed E-state index contributed by atoms with van der Waals surface area (Å²) in [6.45, 7) is 1.70. The van der Waals surface area contributed by atoms with Crippen LogP contribution in [0.4, 0.5) is 18.9 Å². The Hall–Kier alpha value is -2.49. The molecule has 1 aromatic carbocycles. The lowest BCUT2D eigenvalue weighted by molar-refractivity contribution is -0.140. The first-order valence-corrected chi connectivity index (χ1v) is 5.75. The van der Waals surface area contributed by atoms with E-state index in [0.29, 0.717) is 5.56 Å². The fourth-order valence-corrected chi connectivity index (χ4v) is 1.81. The third-order valence-electron chi connectivity index (χ3n) is 2.95. The third-order valence-corrected chi connectivity index (χ3v) is 2.95. The predicted molar refractivity (Wildman–Crippen MR) is 66.6 cm³/mol. The van der Waals surface area contributed by atoms with Gasteiger partial charge in [0, 0.05) is 6.20 Å². The second kappa shape index (κ2) is 4.89. The molecule has 0 aliphatic carbocycles. The molecule has 7 heteroatoms.